The second-order valence-corrected chi connectivity index (χ2v) is 9.40. The number of unbranched alkanes of at least 4 members (excludes halogenated alkanes) is 1. The number of thioether (sulfide) groups is 1. The number of amides is 1. The molecule has 0 aliphatic carbocycles. The van der Waals surface area contributed by atoms with E-state index in [2.05, 4.69) is 22.4 Å². The van der Waals surface area contributed by atoms with E-state index in [0.717, 1.165) is 23.9 Å². The predicted molar refractivity (Wildman–Crippen MR) is 130 cm³/mol. The molecule has 1 unspecified atom stereocenters. The van der Waals surface area contributed by atoms with Gasteiger partial charge in [-0.25, -0.2) is 0 Å². The van der Waals surface area contributed by atoms with Gasteiger partial charge in [0.2, 0.25) is 11.7 Å². The molecule has 2 heterocycles. The highest BCUT2D eigenvalue weighted by Crippen LogP contribution is 2.27. The fourth-order valence-electron chi connectivity index (χ4n) is 3.50. The smallest absolute Gasteiger partial charge is 0.262 e. The fourth-order valence-corrected chi connectivity index (χ4v) is 4.53. The number of carbonyl (C=O) groups excluding carboxylic acids is 1. The molecule has 4 aromatic rings. The van der Waals surface area contributed by atoms with E-state index in [9.17, 15) is 9.59 Å². The Hall–Kier alpha value is -2.84. The van der Waals surface area contributed by atoms with Crippen LogP contribution in [0.15, 0.2) is 52.4 Å². The van der Waals surface area contributed by atoms with Crippen molar-refractivity contribution in [3.8, 4) is 0 Å². The molecule has 0 aliphatic heterocycles. The monoisotopic (exact) mass is 469 g/mol. The van der Waals surface area contributed by atoms with Crippen LogP contribution in [0.4, 0.5) is 5.69 Å². The summed E-state index contributed by atoms with van der Waals surface area (Å²) < 4.78 is 3.54. The molecule has 32 heavy (non-hydrogen) atoms. The topological polar surface area (TPSA) is 81.3 Å². The number of halogens is 1. The zero-order valence-corrected chi connectivity index (χ0v) is 19.7. The van der Waals surface area contributed by atoms with Crippen molar-refractivity contribution in [3.63, 3.8) is 0 Å². The summed E-state index contributed by atoms with van der Waals surface area (Å²) in [5.41, 5.74) is 2.26. The lowest BCUT2D eigenvalue weighted by Gasteiger charge is -2.14. The number of carbonyl (C=O) groups is 1. The second kappa shape index (κ2) is 9.34. The summed E-state index contributed by atoms with van der Waals surface area (Å²) in [6, 6.07) is 12.8. The Morgan fingerprint density at radius 2 is 2.00 bits per heavy atom. The van der Waals surface area contributed by atoms with Gasteiger partial charge < -0.3 is 5.32 Å². The van der Waals surface area contributed by atoms with Crippen LogP contribution in [0.25, 0.3) is 16.7 Å². The molecule has 0 saturated carbocycles. The first kappa shape index (κ1) is 22.4. The average molecular weight is 470 g/mol. The van der Waals surface area contributed by atoms with Crippen molar-refractivity contribution in [1.82, 2.24) is 19.2 Å². The minimum absolute atomic E-state index is 0.0762. The third kappa shape index (κ3) is 4.25. The third-order valence-electron chi connectivity index (χ3n) is 5.32. The number of hydrogen-bond acceptors (Lipinski definition) is 5. The number of nitrogens with one attached hydrogen (secondary N) is 1. The van der Waals surface area contributed by atoms with Gasteiger partial charge in [-0.15, -0.1) is 10.2 Å². The summed E-state index contributed by atoms with van der Waals surface area (Å²) in [4.78, 5) is 25.9. The highest BCUT2D eigenvalue weighted by Gasteiger charge is 2.22. The molecular formula is C23H24ClN5O2S. The van der Waals surface area contributed by atoms with Gasteiger partial charge in [-0.05, 0) is 50.1 Å². The van der Waals surface area contributed by atoms with Gasteiger partial charge in [-0.2, -0.15) is 0 Å². The predicted octanol–water partition coefficient (Wildman–Crippen LogP) is 4.93. The molecule has 1 amide bonds. The van der Waals surface area contributed by atoms with Gasteiger partial charge in [0, 0.05) is 17.3 Å². The Kier molecular flexibility index (Phi) is 6.53. The van der Waals surface area contributed by atoms with Crippen molar-refractivity contribution in [3.05, 3.63) is 63.4 Å². The summed E-state index contributed by atoms with van der Waals surface area (Å²) in [6.07, 6.45) is 1.82. The van der Waals surface area contributed by atoms with Crippen molar-refractivity contribution in [1.29, 1.82) is 0 Å². The number of aryl methyl sites for hydroxylation is 2. The van der Waals surface area contributed by atoms with Gasteiger partial charge in [0.15, 0.2) is 5.16 Å². The number of benzene rings is 2. The summed E-state index contributed by atoms with van der Waals surface area (Å²) in [6.45, 7) is 6.38. The van der Waals surface area contributed by atoms with E-state index in [4.69, 9.17) is 11.6 Å². The first-order valence-electron chi connectivity index (χ1n) is 10.5. The van der Waals surface area contributed by atoms with Crippen LogP contribution in [-0.4, -0.2) is 30.3 Å². The van der Waals surface area contributed by atoms with E-state index in [0.29, 0.717) is 33.6 Å². The van der Waals surface area contributed by atoms with Crippen LogP contribution >= 0.6 is 23.4 Å². The fraction of sp³-hybridized carbons (Fsp3) is 0.304. The van der Waals surface area contributed by atoms with E-state index in [1.165, 1.54) is 11.8 Å². The lowest BCUT2D eigenvalue weighted by atomic mass is 10.2. The van der Waals surface area contributed by atoms with E-state index >= 15 is 0 Å². The van der Waals surface area contributed by atoms with Gasteiger partial charge in [0.05, 0.1) is 16.2 Å². The third-order valence-corrected chi connectivity index (χ3v) is 6.60. The summed E-state index contributed by atoms with van der Waals surface area (Å²) in [7, 11) is 0. The molecule has 0 saturated heterocycles. The first-order chi connectivity index (χ1) is 15.4. The minimum Gasteiger partial charge on any atom is -0.325 e. The van der Waals surface area contributed by atoms with Crippen molar-refractivity contribution in [2.24, 2.45) is 0 Å². The Bertz CT molecular complexity index is 1360. The number of fused-ring (bicyclic) bond motifs is 3. The zero-order chi connectivity index (χ0) is 22.8. The zero-order valence-electron chi connectivity index (χ0n) is 18.1. The van der Waals surface area contributed by atoms with Crippen LogP contribution in [-0.2, 0) is 11.3 Å². The summed E-state index contributed by atoms with van der Waals surface area (Å²) >= 11 is 7.37. The van der Waals surface area contributed by atoms with Crippen molar-refractivity contribution >= 4 is 51.6 Å². The molecule has 4 rings (SSSR count). The molecule has 7 nitrogen and oxygen atoms in total. The van der Waals surface area contributed by atoms with Gasteiger partial charge in [0.1, 0.15) is 0 Å². The largest absolute Gasteiger partial charge is 0.325 e. The average Bonchev–Trinajstić information content (AvgIpc) is 3.19. The van der Waals surface area contributed by atoms with Gasteiger partial charge >= 0.3 is 0 Å². The van der Waals surface area contributed by atoms with Crippen LogP contribution in [0.2, 0.25) is 5.02 Å². The highest BCUT2D eigenvalue weighted by molar-refractivity contribution is 8.00. The van der Waals surface area contributed by atoms with Crippen molar-refractivity contribution in [2.45, 2.75) is 50.6 Å². The highest BCUT2D eigenvalue weighted by atomic mass is 35.5. The second-order valence-electron chi connectivity index (χ2n) is 7.65. The molecule has 1 N–H and O–H groups in total. The molecule has 0 radical (unpaired) electrons. The maximum atomic E-state index is 13.1. The number of aromatic nitrogens is 4. The molecule has 0 bridgehead atoms. The Morgan fingerprint density at radius 3 is 2.78 bits per heavy atom. The molecule has 0 aliphatic rings. The normalized spacial score (nSPS) is 12.4. The molecule has 1 atom stereocenters. The van der Waals surface area contributed by atoms with Crippen LogP contribution in [0.3, 0.4) is 0 Å². The van der Waals surface area contributed by atoms with Crippen LogP contribution in [0, 0.1) is 6.92 Å². The number of hydrogen-bond donors (Lipinski definition) is 1. The van der Waals surface area contributed by atoms with Gasteiger partial charge in [-0.3, -0.25) is 18.6 Å². The van der Waals surface area contributed by atoms with E-state index < -0.39 is 5.25 Å². The lowest BCUT2D eigenvalue weighted by molar-refractivity contribution is -0.115. The van der Waals surface area contributed by atoms with E-state index in [1.807, 2.05) is 48.6 Å². The molecular weight excluding hydrogens is 446 g/mol. The SMILES string of the molecule is CCCCn1c(=O)c2ccccc2n2c(SC(C)C(=O)Nc3cc(Cl)ccc3C)nnc12. The molecule has 0 fully saturated rings. The Labute approximate surface area is 194 Å². The van der Waals surface area contributed by atoms with E-state index in [1.54, 1.807) is 16.7 Å². The lowest BCUT2D eigenvalue weighted by Crippen LogP contribution is -2.24. The van der Waals surface area contributed by atoms with Crippen LogP contribution in [0.1, 0.15) is 32.3 Å². The van der Waals surface area contributed by atoms with E-state index in [-0.39, 0.29) is 11.5 Å². The number of para-hydroxylation sites is 1. The quantitative estimate of drug-likeness (QED) is 0.388. The van der Waals surface area contributed by atoms with Crippen molar-refractivity contribution < 1.29 is 4.79 Å². The molecule has 0 spiro atoms. The molecule has 2 aromatic heterocycles. The molecule has 2 aromatic carbocycles. The maximum Gasteiger partial charge on any atom is 0.262 e. The first-order valence-corrected chi connectivity index (χ1v) is 11.8. The molecule has 9 heteroatoms. The minimum atomic E-state index is -0.449. The summed E-state index contributed by atoms with van der Waals surface area (Å²) in [5, 5.41) is 12.9. The number of anilines is 1. The summed E-state index contributed by atoms with van der Waals surface area (Å²) in [5.74, 6) is 0.323. The Morgan fingerprint density at radius 1 is 1.22 bits per heavy atom. The van der Waals surface area contributed by atoms with Gasteiger partial charge in [-0.1, -0.05) is 54.9 Å². The van der Waals surface area contributed by atoms with Crippen LogP contribution in [0.5, 0.6) is 0 Å². The standard InChI is InChI=1S/C23H24ClN5O2S/c1-4-5-12-28-21(31)17-8-6-7-9-19(17)29-22(28)26-27-23(29)32-15(3)20(30)25-18-13-16(24)11-10-14(18)2/h6-11,13,15H,4-5,12H2,1-3H3,(H,25,30). The Balaban J connectivity index is 1.70. The molecule has 166 valence electrons. The van der Waals surface area contributed by atoms with Crippen molar-refractivity contribution in [2.75, 3.05) is 5.32 Å². The number of rotatable bonds is 7. The van der Waals surface area contributed by atoms with Gasteiger partial charge in [0.25, 0.3) is 5.56 Å². The van der Waals surface area contributed by atoms with Crippen LogP contribution < -0.4 is 10.9 Å². The maximum absolute atomic E-state index is 13.1. The number of nitrogens with zero attached hydrogens (tertiary/aromatic N) is 4.